The van der Waals surface area contributed by atoms with Crippen LogP contribution < -0.4 is 5.73 Å². The van der Waals surface area contributed by atoms with E-state index in [0.717, 1.165) is 17.5 Å². The van der Waals surface area contributed by atoms with Crippen LogP contribution in [0.1, 0.15) is 47.2 Å². The molecule has 12 nitrogen and oxygen atoms in total. The molecule has 2 aliphatic rings. The zero-order valence-corrected chi connectivity index (χ0v) is 22.2. The fourth-order valence-corrected chi connectivity index (χ4v) is 6.37. The topological polar surface area (TPSA) is 183 Å². The maximum Gasteiger partial charge on any atom is 0.302 e. The number of ketones is 1. The van der Waals surface area contributed by atoms with E-state index < -0.39 is 47.8 Å². The van der Waals surface area contributed by atoms with E-state index in [-0.39, 0.29) is 28.3 Å². The van der Waals surface area contributed by atoms with Crippen LogP contribution in [0.25, 0.3) is 11.2 Å². The highest BCUT2D eigenvalue weighted by molar-refractivity contribution is 6.05. The minimum Gasteiger partial charge on any atom is -0.507 e. The first kappa shape index (κ1) is 26.8. The molecule has 4 aromatic rings. The number of aromatic nitrogens is 4. The number of rotatable bonds is 6. The van der Waals surface area contributed by atoms with Crippen LogP contribution in [0, 0.1) is 0 Å². The Morgan fingerprint density at radius 3 is 2.68 bits per heavy atom. The first-order valence-electron chi connectivity index (χ1n) is 13.3. The molecule has 1 unspecified atom stereocenters. The van der Waals surface area contributed by atoms with Crippen LogP contribution in [0.4, 0.5) is 5.82 Å². The van der Waals surface area contributed by atoms with Crippen molar-refractivity contribution < 1.29 is 34.4 Å². The standard InChI is InChI=1S/C29H29N5O7/c1-16(35)40-13-22-25(38)28(39,20-11-6-8-17-7-2-3-9-18(17)20)29(41-22,24(37)19-10-4-5-12-21(19)36)34-15-33-23-26(30)31-14-32-27(23)34/h2-5,7,9-10,12,14-15,20,22,25,36,38-39H,6,8,11,13H2,1H3,(H2,30,31,32)/t20?,22-,25-,28-,29-/m1/s1. The summed E-state index contributed by atoms with van der Waals surface area (Å²) in [6.07, 6.45) is 1.15. The summed E-state index contributed by atoms with van der Waals surface area (Å²) in [5.74, 6) is -2.65. The Morgan fingerprint density at radius 2 is 1.90 bits per heavy atom. The first-order valence-corrected chi connectivity index (χ1v) is 13.3. The summed E-state index contributed by atoms with van der Waals surface area (Å²) in [4.78, 5) is 39.2. The number of para-hydroxylation sites is 1. The van der Waals surface area contributed by atoms with E-state index >= 15 is 0 Å². The van der Waals surface area contributed by atoms with Crippen molar-refractivity contribution in [2.75, 3.05) is 12.3 Å². The molecule has 1 fully saturated rings. The third kappa shape index (κ3) is 3.90. The lowest BCUT2D eigenvalue weighted by Gasteiger charge is -2.47. The molecule has 6 rings (SSSR count). The number of nitrogens with zero attached hydrogens (tertiary/aromatic N) is 4. The van der Waals surface area contributed by atoms with Gasteiger partial charge in [-0.25, -0.2) is 15.0 Å². The average Bonchev–Trinajstić information content (AvgIpc) is 3.50. The molecule has 212 valence electrons. The molecule has 5 N–H and O–H groups in total. The summed E-state index contributed by atoms with van der Waals surface area (Å²) in [7, 11) is 0. The van der Waals surface area contributed by atoms with Gasteiger partial charge in [0.1, 0.15) is 42.7 Å². The first-order chi connectivity index (χ1) is 19.7. The molecule has 5 atom stereocenters. The number of carbonyl (C=O) groups excluding carboxylic acids is 2. The smallest absolute Gasteiger partial charge is 0.302 e. The zero-order chi connectivity index (χ0) is 28.9. The van der Waals surface area contributed by atoms with Gasteiger partial charge in [0, 0.05) is 12.8 Å². The molecular formula is C29H29N5O7. The summed E-state index contributed by atoms with van der Waals surface area (Å²) in [5.41, 5.74) is 2.99. The number of imidazole rings is 1. The fourth-order valence-electron chi connectivity index (χ4n) is 6.37. The number of aliphatic hydroxyl groups excluding tert-OH is 1. The number of benzene rings is 2. The van der Waals surface area contributed by atoms with Crippen LogP contribution >= 0.6 is 0 Å². The number of Topliss-reactive ketones (excluding diaryl/α,β-unsaturated/α-hetero) is 1. The maximum absolute atomic E-state index is 14.8. The van der Waals surface area contributed by atoms with Gasteiger partial charge in [-0.15, -0.1) is 0 Å². The number of carbonyl (C=O) groups is 2. The van der Waals surface area contributed by atoms with Gasteiger partial charge in [-0.3, -0.25) is 14.2 Å². The molecule has 0 spiro atoms. The molecular weight excluding hydrogens is 530 g/mol. The molecule has 0 bridgehead atoms. The van der Waals surface area contributed by atoms with Gasteiger partial charge in [-0.05, 0) is 42.5 Å². The molecule has 1 aliphatic carbocycles. The largest absolute Gasteiger partial charge is 0.507 e. The lowest BCUT2D eigenvalue weighted by atomic mass is 9.65. The van der Waals surface area contributed by atoms with E-state index in [1.807, 2.05) is 24.3 Å². The van der Waals surface area contributed by atoms with Crippen LogP contribution in [-0.2, 0) is 26.4 Å². The average molecular weight is 560 g/mol. The summed E-state index contributed by atoms with van der Waals surface area (Å²) >= 11 is 0. The van der Waals surface area contributed by atoms with Gasteiger partial charge in [-0.2, -0.15) is 0 Å². The number of aryl methyl sites for hydroxylation is 1. The van der Waals surface area contributed by atoms with Crippen molar-refractivity contribution in [3.8, 4) is 5.75 Å². The van der Waals surface area contributed by atoms with Crippen LogP contribution in [0.5, 0.6) is 5.75 Å². The van der Waals surface area contributed by atoms with E-state index in [1.165, 1.54) is 36.3 Å². The molecule has 2 aromatic carbocycles. The van der Waals surface area contributed by atoms with Crippen molar-refractivity contribution in [1.82, 2.24) is 19.5 Å². The minimum absolute atomic E-state index is 0.0282. The number of anilines is 1. The van der Waals surface area contributed by atoms with Crippen molar-refractivity contribution >= 4 is 28.7 Å². The molecule has 0 amide bonds. The Bertz CT molecular complexity index is 1660. The highest BCUT2D eigenvalue weighted by Crippen LogP contribution is 2.56. The number of hydrogen-bond acceptors (Lipinski definition) is 11. The Balaban J connectivity index is 1.68. The molecule has 0 radical (unpaired) electrons. The Hall–Kier alpha value is -4.39. The summed E-state index contributed by atoms with van der Waals surface area (Å²) in [6.45, 7) is 0.751. The van der Waals surface area contributed by atoms with Crippen molar-refractivity contribution in [1.29, 1.82) is 0 Å². The van der Waals surface area contributed by atoms with Gasteiger partial charge in [0.15, 0.2) is 17.1 Å². The molecule has 0 saturated carbocycles. The number of aromatic hydroxyl groups is 1. The lowest BCUT2D eigenvalue weighted by Crippen LogP contribution is -2.65. The fraction of sp³-hybridized carbons (Fsp3) is 0.345. The lowest BCUT2D eigenvalue weighted by molar-refractivity contribution is -0.177. The number of fused-ring (bicyclic) bond motifs is 2. The van der Waals surface area contributed by atoms with E-state index in [4.69, 9.17) is 15.2 Å². The van der Waals surface area contributed by atoms with Crippen LogP contribution in [0.3, 0.4) is 0 Å². The second kappa shape index (κ2) is 9.91. The number of nitrogen functional groups attached to an aromatic ring is 1. The van der Waals surface area contributed by atoms with Crippen LogP contribution in [0.2, 0.25) is 0 Å². The zero-order valence-electron chi connectivity index (χ0n) is 22.2. The number of hydrogen-bond donors (Lipinski definition) is 4. The predicted molar refractivity (Wildman–Crippen MR) is 145 cm³/mol. The van der Waals surface area contributed by atoms with Gasteiger partial charge in [0.05, 0.1) is 5.56 Å². The molecule has 41 heavy (non-hydrogen) atoms. The Morgan fingerprint density at radius 1 is 1.15 bits per heavy atom. The van der Waals surface area contributed by atoms with Crippen LogP contribution in [0.15, 0.2) is 61.2 Å². The molecule has 1 saturated heterocycles. The number of aliphatic hydroxyl groups is 2. The molecule has 1 aliphatic heterocycles. The summed E-state index contributed by atoms with van der Waals surface area (Å²) in [6, 6.07) is 13.4. The third-order valence-corrected chi connectivity index (χ3v) is 8.18. The number of esters is 1. The van der Waals surface area contributed by atoms with Crippen molar-refractivity contribution in [3.63, 3.8) is 0 Å². The minimum atomic E-state index is -2.44. The van der Waals surface area contributed by atoms with Crippen molar-refractivity contribution in [2.45, 2.75) is 55.6 Å². The van der Waals surface area contributed by atoms with E-state index in [0.29, 0.717) is 12.8 Å². The quantitative estimate of drug-likeness (QED) is 0.200. The van der Waals surface area contributed by atoms with E-state index in [1.54, 1.807) is 12.1 Å². The van der Waals surface area contributed by atoms with Crippen molar-refractivity contribution in [2.24, 2.45) is 0 Å². The number of ether oxygens (including phenoxy) is 2. The number of phenols is 1. The molecule has 2 aromatic heterocycles. The van der Waals surface area contributed by atoms with Gasteiger partial charge < -0.3 is 30.5 Å². The Kier molecular flexibility index (Phi) is 6.48. The third-order valence-electron chi connectivity index (χ3n) is 8.18. The van der Waals surface area contributed by atoms with Crippen molar-refractivity contribution in [3.05, 3.63) is 77.9 Å². The van der Waals surface area contributed by atoms with Gasteiger partial charge in [0.25, 0.3) is 0 Å². The summed E-state index contributed by atoms with van der Waals surface area (Å²) in [5, 5.41) is 35.8. The van der Waals surface area contributed by atoms with Gasteiger partial charge >= 0.3 is 5.97 Å². The predicted octanol–water partition coefficient (Wildman–Crippen LogP) is 1.82. The highest BCUT2D eigenvalue weighted by Gasteiger charge is 2.73. The highest BCUT2D eigenvalue weighted by atomic mass is 16.6. The van der Waals surface area contributed by atoms with Crippen LogP contribution in [-0.4, -0.2) is 71.0 Å². The number of nitrogens with two attached hydrogens (primary N) is 1. The van der Waals surface area contributed by atoms with E-state index in [2.05, 4.69) is 15.0 Å². The summed E-state index contributed by atoms with van der Waals surface area (Å²) < 4.78 is 12.9. The van der Waals surface area contributed by atoms with Gasteiger partial charge in [-0.1, -0.05) is 36.4 Å². The normalized spacial score (nSPS) is 27.4. The van der Waals surface area contributed by atoms with E-state index in [9.17, 15) is 24.9 Å². The second-order valence-electron chi connectivity index (χ2n) is 10.4. The molecule has 3 heterocycles. The molecule has 12 heteroatoms. The maximum atomic E-state index is 14.8. The monoisotopic (exact) mass is 559 g/mol. The SMILES string of the molecule is CC(=O)OC[C@H]1O[C@@](C(=O)c2ccccc2O)(n2cnc3c(N)ncnc32)[C@@](O)(C2CCCc3ccccc32)[C@@H]1O. The van der Waals surface area contributed by atoms with Gasteiger partial charge in [0.2, 0.25) is 11.5 Å². The second-order valence-corrected chi connectivity index (χ2v) is 10.4. The number of phenolic OH excluding ortho intramolecular Hbond substituents is 1. The Labute approximate surface area is 234 Å².